The van der Waals surface area contributed by atoms with Crippen LogP contribution >= 0.6 is 0 Å². The van der Waals surface area contributed by atoms with Gasteiger partial charge < -0.3 is 15.0 Å². The van der Waals surface area contributed by atoms with E-state index in [1.807, 2.05) is 13.1 Å². The van der Waals surface area contributed by atoms with Crippen molar-refractivity contribution >= 4 is 10.9 Å². The van der Waals surface area contributed by atoms with Crippen LogP contribution in [-0.4, -0.2) is 16.2 Å². The van der Waals surface area contributed by atoms with Crippen molar-refractivity contribution in [3.05, 3.63) is 30.0 Å². The molecule has 0 fully saturated rings. The van der Waals surface area contributed by atoms with Gasteiger partial charge in [-0.25, -0.2) is 0 Å². The fourth-order valence-corrected chi connectivity index (χ4v) is 1.83. The van der Waals surface area contributed by atoms with Crippen molar-refractivity contribution in [1.29, 1.82) is 0 Å². The lowest BCUT2D eigenvalue weighted by Crippen LogP contribution is -2.15. The van der Waals surface area contributed by atoms with Gasteiger partial charge in [-0.3, -0.25) is 0 Å². The first kappa shape index (κ1) is 10.6. The molecule has 16 heavy (non-hydrogen) atoms. The zero-order valence-corrected chi connectivity index (χ0v) is 9.20. The summed E-state index contributed by atoms with van der Waals surface area (Å²) in [5.74, 6) is 2.83. The quantitative estimate of drug-likeness (QED) is 0.601. The predicted octanol–water partition coefficient (Wildman–Crippen LogP) is 1.61. The van der Waals surface area contributed by atoms with Crippen LogP contribution in [0.4, 0.5) is 0 Å². The maximum Gasteiger partial charge on any atom is 0.116 e. The Balaban J connectivity index is 2.33. The van der Waals surface area contributed by atoms with Crippen LogP contribution in [-0.2, 0) is 13.6 Å². The van der Waals surface area contributed by atoms with Gasteiger partial charge in [0.25, 0.3) is 0 Å². The summed E-state index contributed by atoms with van der Waals surface area (Å²) in [5, 5.41) is 13.6. The van der Waals surface area contributed by atoms with E-state index < -0.39 is 0 Å². The van der Waals surface area contributed by atoms with E-state index in [1.165, 1.54) is 0 Å². The molecule has 1 aromatic heterocycles. The highest BCUT2D eigenvalue weighted by Gasteiger charge is 2.05. The molecular formula is C13H14N2O. The number of rotatable bonds is 3. The normalized spacial score (nSPS) is 10.5. The number of phenolic OH excluding ortho intramolecular Hbond substituents is 1. The largest absolute Gasteiger partial charge is 0.508 e. The Bertz CT molecular complexity index is 549. The first-order chi connectivity index (χ1) is 7.72. The number of nitrogens with zero attached hydrogens (tertiary/aromatic N) is 1. The third kappa shape index (κ3) is 1.88. The van der Waals surface area contributed by atoms with Crippen LogP contribution in [0, 0.1) is 12.3 Å². The molecule has 0 saturated heterocycles. The molecule has 2 N–H and O–H groups in total. The van der Waals surface area contributed by atoms with Crippen LogP contribution in [0.2, 0.25) is 0 Å². The smallest absolute Gasteiger partial charge is 0.116 e. The summed E-state index contributed by atoms with van der Waals surface area (Å²) in [7, 11) is 2.01. The van der Waals surface area contributed by atoms with Gasteiger partial charge in [0, 0.05) is 30.2 Å². The highest BCUT2D eigenvalue weighted by Crippen LogP contribution is 2.22. The molecule has 0 amide bonds. The van der Waals surface area contributed by atoms with Gasteiger partial charge in [0.1, 0.15) is 5.75 Å². The van der Waals surface area contributed by atoms with Crippen LogP contribution in [0.3, 0.4) is 0 Å². The molecule has 0 aliphatic heterocycles. The van der Waals surface area contributed by atoms with E-state index in [4.69, 9.17) is 6.42 Å². The average Bonchev–Trinajstić information content (AvgIpc) is 2.56. The molecule has 82 valence electrons. The van der Waals surface area contributed by atoms with Crippen molar-refractivity contribution in [2.45, 2.75) is 6.54 Å². The Hall–Kier alpha value is -1.92. The van der Waals surface area contributed by atoms with Crippen LogP contribution in [0.5, 0.6) is 5.75 Å². The Morgan fingerprint density at radius 1 is 1.44 bits per heavy atom. The van der Waals surface area contributed by atoms with Crippen molar-refractivity contribution in [2.75, 3.05) is 6.54 Å². The lowest BCUT2D eigenvalue weighted by molar-refractivity contribution is 0.476. The molecule has 2 rings (SSSR count). The van der Waals surface area contributed by atoms with Crippen molar-refractivity contribution in [3.63, 3.8) is 0 Å². The van der Waals surface area contributed by atoms with Crippen LogP contribution in [0.1, 0.15) is 5.69 Å². The molecule has 0 aliphatic rings. The monoisotopic (exact) mass is 214 g/mol. The Morgan fingerprint density at radius 2 is 2.25 bits per heavy atom. The summed E-state index contributed by atoms with van der Waals surface area (Å²) < 4.78 is 2.10. The summed E-state index contributed by atoms with van der Waals surface area (Å²) in [5.41, 5.74) is 2.26. The molecule has 0 radical (unpaired) electrons. The van der Waals surface area contributed by atoms with Crippen LogP contribution in [0.15, 0.2) is 24.3 Å². The van der Waals surface area contributed by atoms with E-state index in [9.17, 15) is 5.11 Å². The molecule has 0 aliphatic carbocycles. The molecule has 3 heteroatoms. The number of phenols is 1. The fourth-order valence-electron chi connectivity index (χ4n) is 1.83. The molecule has 1 heterocycles. The lowest BCUT2D eigenvalue weighted by atomic mass is 10.2. The molecule has 0 spiro atoms. The van der Waals surface area contributed by atoms with Gasteiger partial charge in [-0.1, -0.05) is 5.92 Å². The summed E-state index contributed by atoms with van der Waals surface area (Å²) in [6.07, 6.45) is 5.17. The van der Waals surface area contributed by atoms with E-state index in [-0.39, 0.29) is 0 Å². The van der Waals surface area contributed by atoms with E-state index >= 15 is 0 Å². The number of aromatic hydroxyl groups is 1. The van der Waals surface area contributed by atoms with Crippen molar-refractivity contribution < 1.29 is 5.11 Å². The van der Waals surface area contributed by atoms with E-state index in [2.05, 4.69) is 21.9 Å². The minimum absolute atomic E-state index is 0.293. The van der Waals surface area contributed by atoms with E-state index in [1.54, 1.807) is 12.1 Å². The minimum Gasteiger partial charge on any atom is -0.508 e. The SMILES string of the molecule is C#CCNCc1cc2cc(O)ccc2n1C. The first-order valence-corrected chi connectivity index (χ1v) is 5.14. The van der Waals surface area contributed by atoms with E-state index in [0.717, 1.165) is 23.1 Å². The Kier molecular flexibility index (Phi) is 2.84. The highest BCUT2D eigenvalue weighted by atomic mass is 16.3. The lowest BCUT2D eigenvalue weighted by Gasteiger charge is -2.03. The number of benzene rings is 1. The number of hydrogen-bond donors (Lipinski definition) is 2. The number of fused-ring (bicyclic) bond motifs is 1. The van der Waals surface area contributed by atoms with Gasteiger partial charge in [0.15, 0.2) is 0 Å². The molecule has 2 aromatic rings. The van der Waals surface area contributed by atoms with Gasteiger partial charge in [-0.05, 0) is 24.3 Å². The molecule has 0 unspecified atom stereocenters. The summed E-state index contributed by atoms with van der Waals surface area (Å²) in [6.45, 7) is 1.29. The Morgan fingerprint density at radius 3 is 3.00 bits per heavy atom. The van der Waals surface area contributed by atoms with Crippen LogP contribution < -0.4 is 5.32 Å². The van der Waals surface area contributed by atoms with Crippen LogP contribution in [0.25, 0.3) is 10.9 Å². The maximum absolute atomic E-state index is 9.39. The standard InChI is InChI=1S/C13H14N2O/c1-3-6-14-9-11-7-10-8-12(16)4-5-13(10)15(11)2/h1,4-5,7-8,14,16H,6,9H2,2H3. The predicted molar refractivity (Wildman–Crippen MR) is 65.1 cm³/mol. The summed E-state index contributed by atoms with van der Waals surface area (Å²) in [4.78, 5) is 0. The molecule has 0 bridgehead atoms. The molecule has 0 saturated carbocycles. The van der Waals surface area contributed by atoms with Gasteiger partial charge in [0.2, 0.25) is 0 Å². The fraction of sp³-hybridized carbons (Fsp3) is 0.231. The number of aryl methyl sites for hydroxylation is 1. The minimum atomic E-state index is 0.293. The third-order valence-corrected chi connectivity index (χ3v) is 2.66. The zero-order chi connectivity index (χ0) is 11.5. The highest BCUT2D eigenvalue weighted by molar-refractivity contribution is 5.82. The molecule has 0 atom stereocenters. The Labute approximate surface area is 94.7 Å². The van der Waals surface area contributed by atoms with Gasteiger partial charge in [-0.15, -0.1) is 6.42 Å². The molecule has 3 nitrogen and oxygen atoms in total. The van der Waals surface area contributed by atoms with Crippen molar-refractivity contribution in [2.24, 2.45) is 7.05 Å². The number of nitrogens with one attached hydrogen (secondary N) is 1. The number of terminal acetylenes is 1. The maximum atomic E-state index is 9.39. The summed E-state index contributed by atoms with van der Waals surface area (Å²) in [6, 6.07) is 7.43. The zero-order valence-electron chi connectivity index (χ0n) is 9.20. The topological polar surface area (TPSA) is 37.2 Å². The second kappa shape index (κ2) is 4.30. The van der Waals surface area contributed by atoms with E-state index in [0.29, 0.717) is 12.3 Å². The third-order valence-electron chi connectivity index (χ3n) is 2.66. The van der Waals surface area contributed by atoms with Gasteiger partial charge in [-0.2, -0.15) is 0 Å². The van der Waals surface area contributed by atoms with Gasteiger partial charge in [0.05, 0.1) is 6.54 Å². The second-order valence-electron chi connectivity index (χ2n) is 3.75. The number of aromatic nitrogens is 1. The second-order valence-corrected chi connectivity index (χ2v) is 3.75. The van der Waals surface area contributed by atoms with Gasteiger partial charge >= 0.3 is 0 Å². The first-order valence-electron chi connectivity index (χ1n) is 5.14. The number of hydrogen-bond acceptors (Lipinski definition) is 2. The average molecular weight is 214 g/mol. The molecule has 1 aromatic carbocycles. The van der Waals surface area contributed by atoms with Crippen molar-refractivity contribution in [3.8, 4) is 18.1 Å². The van der Waals surface area contributed by atoms with Crippen molar-refractivity contribution in [1.82, 2.24) is 9.88 Å². The molecular weight excluding hydrogens is 200 g/mol. The summed E-state index contributed by atoms with van der Waals surface area (Å²) >= 11 is 0.